The quantitative estimate of drug-likeness (QED) is 0.175. The number of thiophene rings is 1. The van der Waals surface area contributed by atoms with E-state index in [1.165, 1.54) is 97.6 Å². The van der Waals surface area contributed by atoms with E-state index in [-0.39, 0.29) is 0 Å². The van der Waals surface area contributed by atoms with Gasteiger partial charge in [0.25, 0.3) is 0 Å². The Labute approximate surface area is 293 Å². The third kappa shape index (κ3) is 3.94. The molecule has 0 aliphatic heterocycles. The number of hydrogen-bond acceptors (Lipinski definition) is 1. The third-order valence-electron chi connectivity index (χ3n) is 10.6. The summed E-state index contributed by atoms with van der Waals surface area (Å²) in [6, 6.07) is 65.1. The number of nitrogens with zero attached hydrogens (tertiary/aromatic N) is 1. The number of para-hydroxylation sites is 2. The van der Waals surface area contributed by atoms with E-state index in [4.69, 9.17) is 0 Å². The van der Waals surface area contributed by atoms with Gasteiger partial charge >= 0.3 is 0 Å². The number of fused-ring (bicyclic) bond motifs is 14. The van der Waals surface area contributed by atoms with Crippen molar-refractivity contribution in [2.45, 2.75) is 0 Å². The summed E-state index contributed by atoms with van der Waals surface area (Å²) in [5.74, 6) is 0. The molecular formula is C48H29NS. The summed E-state index contributed by atoms with van der Waals surface area (Å²) in [6.45, 7) is 0. The average Bonchev–Trinajstić information content (AvgIpc) is 3.73. The van der Waals surface area contributed by atoms with Crippen LogP contribution < -0.4 is 0 Å². The normalized spacial score (nSPS) is 12.0. The summed E-state index contributed by atoms with van der Waals surface area (Å²) in [5, 5.41) is 5.20. The minimum atomic E-state index is 1.16. The molecule has 1 nitrogen and oxygen atoms in total. The molecule has 1 aliphatic rings. The van der Waals surface area contributed by atoms with E-state index < -0.39 is 0 Å². The molecule has 2 aromatic heterocycles. The van der Waals surface area contributed by atoms with E-state index in [0.29, 0.717) is 0 Å². The van der Waals surface area contributed by atoms with Crippen LogP contribution in [-0.2, 0) is 0 Å². The van der Waals surface area contributed by atoms with Gasteiger partial charge in [-0.15, -0.1) is 11.3 Å². The van der Waals surface area contributed by atoms with Crippen LogP contribution >= 0.6 is 11.3 Å². The molecular weight excluding hydrogens is 623 g/mol. The predicted molar refractivity (Wildman–Crippen MR) is 214 cm³/mol. The van der Waals surface area contributed by atoms with Gasteiger partial charge in [-0.25, -0.2) is 0 Å². The first-order valence-corrected chi connectivity index (χ1v) is 18.0. The van der Waals surface area contributed by atoms with Crippen LogP contribution in [0.15, 0.2) is 176 Å². The van der Waals surface area contributed by atoms with Crippen LogP contribution in [0.25, 0.3) is 103 Å². The van der Waals surface area contributed by atoms with Crippen molar-refractivity contribution < 1.29 is 0 Å². The Morgan fingerprint density at radius 1 is 0.320 bits per heavy atom. The summed E-state index contributed by atoms with van der Waals surface area (Å²) in [7, 11) is 0. The second-order valence-corrected chi connectivity index (χ2v) is 14.3. The third-order valence-corrected chi connectivity index (χ3v) is 11.8. The van der Waals surface area contributed by atoms with Gasteiger partial charge < -0.3 is 4.57 Å². The van der Waals surface area contributed by atoms with E-state index in [1.54, 1.807) is 0 Å². The minimum absolute atomic E-state index is 1.16. The zero-order chi connectivity index (χ0) is 32.8. The molecule has 0 atom stereocenters. The van der Waals surface area contributed by atoms with Gasteiger partial charge in [0.15, 0.2) is 0 Å². The molecule has 0 amide bonds. The molecule has 232 valence electrons. The lowest BCUT2D eigenvalue weighted by Gasteiger charge is -2.24. The largest absolute Gasteiger partial charge is 0.309 e. The van der Waals surface area contributed by atoms with Gasteiger partial charge in [0.2, 0.25) is 0 Å². The topological polar surface area (TPSA) is 4.93 Å². The first kappa shape index (κ1) is 27.7. The zero-order valence-corrected chi connectivity index (χ0v) is 27.9. The lowest BCUT2D eigenvalue weighted by atomic mass is 9.80. The van der Waals surface area contributed by atoms with Gasteiger partial charge in [-0.05, 0) is 92.0 Å². The Morgan fingerprint density at radius 3 is 1.50 bits per heavy atom. The maximum Gasteiger partial charge on any atom is 0.0541 e. The van der Waals surface area contributed by atoms with Crippen LogP contribution in [0, 0.1) is 0 Å². The number of rotatable bonds is 2. The van der Waals surface area contributed by atoms with Crippen molar-refractivity contribution in [3.8, 4) is 61.3 Å². The lowest BCUT2D eigenvalue weighted by Crippen LogP contribution is -2.00. The summed E-state index contributed by atoms with van der Waals surface area (Å²) in [6.07, 6.45) is 0. The predicted octanol–water partition coefficient (Wildman–Crippen LogP) is 13.8. The fraction of sp³-hybridized carbons (Fsp3) is 0. The second-order valence-electron chi connectivity index (χ2n) is 13.2. The molecule has 2 heteroatoms. The summed E-state index contributed by atoms with van der Waals surface area (Å²) in [4.78, 5) is 0. The van der Waals surface area contributed by atoms with Crippen molar-refractivity contribution in [2.24, 2.45) is 0 Å². The molecule has 10 aromatic rings. The maximum atomic E-state index is 2.44. The molecule has 8 aromatic carbocycles. The van der Waals surface area contributed by atoms with E-state index in [2.05, 4.69) is 180 Å². The Hall–Kier alpha value is -6.22. The second kappa shape index (κ2) is 10.6. The summed E-state index contributed by atoms with van der Waals surface area (Å²) < 4.78 is 5.10. The first-order valence-electron chi connectivity index (χ1n) is 17.2. The SMILES string of the molecule is c1ccc2c(c1)-c1ccccc1-c1cc(-c3cccc4c3sc3ccccc34)ccc1-c1cc(-n3c4ccccc4c4ccccc43)ccc1-2. The highest BCUT2D eigenvalue weighted by atomic mass is 32.1. The van der Waals surface area contributed by atoms with Crippen LogP contribution in [0.2, 0.25) is 0 Å². The smallest absolute Gasteiger partial charge is 0.0541 e. The Balaban J connectivity index is 1.22. The standard InChI is InChI=1S/C48H29NS/c1-2-14-35-33(12-1)34-13-3-4-15-36(34)43-28-30(32-19-11-20-42-41-18-7-10-23-47(41)50-48(32)42)24-26-38(43)44-29-31(25-27-37(35)44)49-45-21-8-5-16-39(45)40-17-6-9-22-46(40)49/h1-29H. The first-order chi connectivity index (χ1) is 24.8. The van der Waals surface area contributed by atoms with Crippen LogP contribution in [0.1, 0.15) is 0 Å². The molecule has 11 rings (SSSR count). The summed E-state index contributed by atoms with van der Waals surface area (Å²) in [5.41, 5.74) is 16.2. The van der Waals surface area contributed by atoms with Gasteiger partial charge in [-0.1, -0.05) is 140 Å². The molecule has 0 unspecified atom stereocenters. The fourth-order valence-electron chi connectivity index (χ4n) is 8.38. The van der Waals surface area contributed by atoms with Crippen LogP contribution in [-0.4, -0.2) is 4.57 Å². The van der Waals surface area contributed by atoms with Crippen molar-refractivity contribution in [1.82, 2.24) is 4.57 Å². The van der Waals surface area contributed by atoms with Crippen molar-refractivity contribution in [2.75, 3.05) is 0 Å². The highest BCUT2D eigenvalue weighted by Crippen LogP contribution is 2.50. The number of aromatic nitrogens is 1. The molecule has 0 saturated heterocycles. The summed E-state index contributed by atoms with van der Waals surface area (Å²) >= 11 is 1.89. The van der Waals surface area contributed by atoms with Crippen molar-refractivity contribution in [3.05, 3.63) is 176 Å². The highest BCUT2D eigenvalue weighted by Gasteiger charge is 2.24. The van der Waals surface area contributed by atoms with Gasteiger partial charge in [-0.3, -0.25) is 0 Å². The van der Waals surface area contributed by atoms with E-state index in [9.17, 15) is 0 Å². The van der Waals surface area contributed by atoms with E-state index in [0.717, 1.165) is 5.69 Å². The van der Waals surface area contributed by atoms with E-state index >= 15 is 0 Å². The van der Waals surface area contributed by atoms with Crippen LogP contribution in [0.5, 0.6) is 0 Å². The van der Waals surface area contributed by atoms with Crippen molar-refractivity contribution in [3.63, 3.8) is 0 Å². The van der Waals surface area contributed by atoms with Gasteiger partial charge in [0.1, 0.15) is 0 Å². The van der Waals surface area contributed by atoms with Crippen molar-refractivity contribution >= 4 is 53.3 Å². The number of benzene rings is 8. The van der Waals surface area contributed by atoms with Gasteiger partial charge in [0.05, 0.1) is 11.0 Å². The molecule has 0 spiro atoms. The Bertz CT molecular complexity index is 2940. The monoisotopic (exact) mass is 651 g/mol. The molecule has 2 heterocycles. The molecule has 0 fully saturated rings. The van der Waals surface area contributed by atoms with Crippen LogP contribution in [0.3, 0.4) is 0 Å². The highest BCUT2D eigenvalue weighted by molar-refractivity contribution is 7.26. The lowest BCUT2D eigenvalue weighted by molar-refractivity contribution is 1.18. The maximum absolute atomic E-state index is 2.44. The molecule has 0 bridgehead atoms. The molecule has 1 aliphatic carbocycles. The Kier molecular flexibility index (Phi) is 5.89. The molecule has 0 radical (unpaired) electrons. The fourth-order valence-corrected chi connectivity index (χ4v) is 9.62. The number of hydrogen-bond donors (Lipinski definition) is 0. The van der Waals surface area contributed by atoms with E-state index in [1.807, 2.05) is 11.3 Å². The minimum Gasteiger partial charge on any atom is -0.309 e. The Morgan fingerprint density at radius 2 is 0.800 bits per heavy atom. The molecule has 50 heavy (non-hydrogen) atoms. The van der Waals surface area contributed by atoms with Gasteiger partial charge in [0, 0.05) is 36.6 Å². The molecule has 0 saturated carbocycles. The van der Waals surface area contributed by atoms with Gasteiger partial charge in [-0.2, -0.15) is 0 Å². The average molecular weight is 652 g/mol. The molecule has 0 N–H and O–H groups in total. The zero-order valence-electron chi connectivity index (χ0n) is 27.1. The van der Waals surface area contributed by atoms with Crippen molar-refractivity contribution in [1.29, 1.82) is 0 Å². The van der Waals surface area contributed by atoms with Crippen LogP contribution in [0.4, 0.5) is 0 Å².